The van der Waals surface area contributed by atoms with Crippen molar-refractivity contribution >= 4 is 21.2 Å². The summed E-state index contributed by atoms with van der Waals surface area (Å²) in [4.78, 5) is 1.96. The molecule has 1 aliphatic heterocycles. The molecule has 0 aromatic heterocycles. The molecule has 2 atom stereocenters. The molecule has 0 aliphatic carbocycles. The molecule has 2 aromatic rings. The van der Waals surface area contributed by atoms with Crippen molar-refractivity contribution in [3.8, 4) is 0 Å². The van der Waals surface area contributed by atoms with Crippen molar-refractivity contribution in [1.29, 1.82) is 0 Å². The average Bonchev–Trinajstić information content (AvgIpc) is 2.80. The molecule has 0 bridgehead atoms. The number of aliphatic hydroxyl groups excluding tert-OH is 1. The molecule has 1 aliphatic rings. The Morgan fingerprint density at radius 1 is 1.04 bits per heavy atom. The van der Waals surface area contributed by atoms with Gasteiger partial charge in [0.05, 0.1) is 23.7 Å². The van der Waals surface area contributed by atoms with Crippen molar-refractivity contribution in [2.75, 3.05) is 22.1 Å². The third-order valence-corrected chi connectivity index (χ3v) is 5.81. The van der Waals surface area contributed by atoms with E-state index in [1.165, 1.54) is 0 Å². The van der Waals surface area contributed by atoms with Crippen LogP contribution in [0.4, 0.5) is 11.4 Å². The molecular weight excluding hydrogens is 312 g/mol. The normalized spacial score (nSPS) is 22.8. The van der Waals surface area contributed by atoms with E-state index in [2.05, 4.69) is 0 Å². The van der Waals surface area contributed by atoms with Crippen molar-refractivity contribution in [3.63, 3.8) is 0 Å². The minimum Gasteiger partial charge on any atom is -0.399 e. The number of para-hydroxylation sites is 1. The van der Waals surface area contributed by atoms with Gasteiger partial charge in [-0.15, -0.1) is 0 Å². The van der Waals surface area contributed by atoms with Crippen molar-refractivity contribution in [1.82, 2.24) is 0 Å². The fraction of sp³-hybridized carbons (Fsp3) is 0.294. The number of rotatable bonds is 4. The molecule has 3 rings (SSSR count). The predicted molar refractivity (Wildman–Crippen MR) is 91.9 cm³/mol. The summed E-state index contributed by atoms with van der Waals surface area (Å²) in [5.74, 6) is -0.208. The number of anilines is 2. The van der Waals surface area contributed by atoms with Gasteiger partial charge in [-0.05, 0) is 29.8 Å². The van der Waals surface area contributed by atoms with E-state index in [1.54, 1.807) is 0 Å². The summed E-state index contributed by atoms with van der Waals surface area (Å²) in [6, 6.07) is 16.6. The van der Waals surface area contributed by atoms with Crippen LogP contribution in [0.2, 0.25) is 0 Å². The summed E-state index contributed by atoms with van der Waals surface area (Å²) < 4.78 is 23.8. The van der Waals surface area contributed by atoms with E-state index in [0.717, 1.165) is 11.3 Å². The Balaban J connectivity index is 1.93. The first-order valence-corrected chi connectivity index (χ1v) is 9.31. The first-order chi connectivity index (χ1) is 10.9. The summed E-state index contributed by atoms with van der Waals surface area (Å²) in [6.07, 6.45) is -0.881. The molecule has 0 unspecified atom stereocenters. The zero-order valence-electron chi connectivity index (χ0n) is 12.7. The first-order valence-electron chi connectivity index (χ1n) is 7.49. The zero-order chi connectivity index (χ0) is 16.4. The number of nitrogens with zero attached hydrogens (tertiary/aromatic N) is 1. The predicted octanol–water partition coefficient (Wildman–Crippen LogP) is 1.43. The Hall–Kier alpha value is -2.05. The van der Waals surface area contributed by atoms with Crippen LogP contribution in [0.5, 0.6) is 0 Å². The number of sulfone groups is 1. The Morgan fingerprint density at radius 2 is 1.70 bits per heavy atom. The van der Waals surface area contributed by atoms with Crippen molar-refractivity contribution in [3.05, 3.63) is 60.2 Å². The maximum absolute atomic E-state index is 11.9. The number of nitrogen functional groups attached to an aromatic ring is 1. The molecule has 0 spiro atoms. The molecule has 5 nitrogen and oxygen atoms in total. The van der Waals surface area contributed by atoms with E-state index in [0.29, 0.717) is 12.2 Å². The van der Waals surface area contributed by atoms with E-state index in [4.69, 9.17) is 5.73 Å². The second kappa shape index (κ2) is 6.22. The van der Waals surface area contributed by atoms with Crippen LogP contribution in [0.15, 0.2) is 54.6 Å². The third kappa shape index (κ3) is 3.65. The Morgan fingerprint density at radius 3 is 2.26 bits per heavy atom. The number of hydrogen-bond acceptors (Lipinski definition) is 5. The van der Waals surface area contributed by atoms with Crippen LogP contribution in [0.1, 0.15) is 5.56 Å². The Labute approximate surface area is 136 Å². The lowest BCUT2D eigenvalue weighted by atomic mass is 10.1. The van der Waals surface area contributed by atoms with Gasteiger partial charge in [0.2, 0.25) is 0 Å². The minimum absolute atomic E-state index is 0.0297. The molecule has 6 heteroatoms. The quantitative estimate of drug-likeness (QED) is 0.828. The van der Waals surface area contributed by atoms with Crippen LogP contribution >= 0.6 is 0 Å². The van der Waals surface area contributed by atoms with Gasteiger partial charge in [-0.3, -0.25) is 0 Å². The molecule has 1 saturated heterocycles. The fourth-order valence-corrected chi connectivity index (χ4v) is 4.75. The van der Waals surface area contributed by atoms with Crippen LogP contribution in [0, 0.1) is 0 Å². The van der Waals surface area contributed by atoms with Gasteiger partial charge in [0.25, 0.3) is 0 Å². The SMILES string of the molecule is Nc1ccc(CN(c2ccccc2)[C@H]2CS(=O)(=O)C[C@@H]2O)cc1. The summed E-state index contributed by atoms with van der Waals surface area (Å²) >= 11 is 0. The minimum atomic E-state index is -3.21. The number of hydrogen-bond donors (Lipinski definition) is 2. The molecule has 2 aromatic carbocycles. The van der Waals surface area contributed by atoms with Gasteiger partial charge in [0.15, 0.2) is 9.84 Å². The molecule has 1 heterocycles. The van der Waals surface area contributed by atoms with E-state index >= 15 is 0 Å². The molecule has 1 fully saturated rings. The summed E-state index contributed by atoms with van der Waals surface area (Å²) in [5, 5.41) is 10.2. The smallest absolute Gasteiger partial charge is 0.155 e. The van der Waals surface area contributed by atoms with E-state index in [-0.39, 0.29) is 11.5 Å². The lowest BCUT2D eigenvalue weighted by Gasteiger charge is -2.32. The zero-order valence-corrected chi connectivity index (χ0v) is 13.5. The number of nitrogens with two attached hydrogens (primary N) is 1. The maximum Gasteiger partial charge on any atom is 0.155 e. The number of aliphatic hydroxyl groups is 1. The molecule has 0 amide bonds. The summed E-state index contributed by atoms with van der Waals surface area (Å²) in [5.41, 5.74) is 8.31. The molecule has 0 radical (unpaired) electrons. The van der Waals surface area contributed by atoms with Crippen LogP contribution in [0.25, 0.3) is 0 Å². The highest BCUT2D eigenvalue weighted by Gasteiger charge is 2.40. The van der Waals surface area contributed by atoms with Gasteiger partial charge < -0.3 is 15.7 Å². The van der Waals surface area contributed by atoms with E-state index in [1.807, 2.05) is 59.5 Å². The van der Waals surface area contributed by atoms with Gasteiger partial charge in [0.1, 0.15) is 0 Å². The molecular formula is C17H20N2O3S. The molecule has 23 heavy (non-hydrogen) atoms. The van der Waals surface area contributed by atoms with Crippen LogP contribution in [-0.2, 0) is 16.4 Å². The highest BCUT2D eigenvalue weighted by atomic mass is 32.2. The van der Waals surface area contributed by atoms with Crippen LogP contribution in [-0.4, -0.2) is 37.2 Å². The lowest BCUT2D eigenvalue weighted by molar-refractivity contribution is 0.178. The highest BCUT2D eigenvalue weighted by Crippen LogP contribution is 2.26. The van der Waals surface area contributed by atoms with Gasteiger partial charge in [-0.25, -0.2) is 8.42 Å². The second-order valence-electron chi connectivity index (χ2n) is 5.92. The molecule has 0 saturated carbocycles. The van der Waals surface area contributed by atoms with Gasteiger partial charge in [-0.1, -0.05) is 30.3 Å². The van der Waals surface area contributed by atoms with Crippen molar-refractivity contribution in [2.24, 2.45) is 0 Å². The third-order valence-electron chi connectivity index (χ3n) is 4.11. The van der Waals surface area contributed by atoms with Crippen LogP contribution < -0.4 is 10.6 Å². The van der Waals surface area contributed by atoms with Crippen molar-refractivity contribution in [2.45, 2.75) is 18.7 Å². The van der Waals surface area contributed by atoms with Gasteiger partial charge >= 0.3 is 0 Å². The number of benzene rings is 2. The van der Waals surface area contributed by atoms with Gasteiger partial charge in [-0.2, -0.15) is 0 Å². The lowest BCUT2D eigenvalue weighted by Crippen LogP contribution is -2.42. The molecule has 3 N–H and O–H groups in total. The summed E-state index contributed by atoms with van der Waals surface area (Å²) in [7, 11) is -3.21. The fourth-order valence-electron chi connectivity index (χ4n) is 2.95. The standard InChI is InChI=1S/C17H20N2O3S/c18-14-8-6-13(7-9-14)10-19(15-4-2-1-3-5-15)16-11-23(21,22)12-17(16)20/h1-9,16-17,20H,10-12,18H2/t16-,17-/m0/s1. The first kappa shape index (κ1) is 15.8. The van der Waals surface area contributed by atoms with E-state index < -0.39 is 22.0 Å². The van der Waals surface area contributed by atoms with E-state index in [9.17, 15) is 13.5 Å². The van der Waals surface area contributed by atoms with Crippen LogP contribution in [0.3, 0.4) is 0 Å². The largest absolute Gasteiger partial charge is 0.399 e. The topological polar surface area (TPSA) is 83.6 Å². The molecule has 122 valence electrons. The maximum atomic E-state index is 11.9. The Kier molecular flexibility index (Phi) is 4.28. The average molecular weight is 332 g/mol. The summed E-state index contributed by atoms with van der Waals surface area (Å²) in [6.45, 7) is 0.515. The van der Waals surface area contributed by atoms with Gasteiger partial charge in [0, 0.05) is 17.9 Å². The highest BCUT2D eigenvalue weighted by molar-refractivity contribution is 7.91. The Bertz CT molecular complexity index is 760. The van der Waals surface area contributed by atoms with Crippen molar-refractivity contribution < 1.29 is 13.5 Å². The monoisotopic (exact) mass is 332 g/mol. The second-order valence-corrected chi connectivity index (χ2v) is 8.07.